The molecule has 4 nitrogen and oxygen atoms in total. The zero-order chi connectivity index (χ0) is 15.2. The van der Waals surface area contributed by atoms with Gasteiger partial charge in [-0.1, -0.05) is 19.9 Å². The second-order valence-corrected chi connectivity index (χ2v) is 5.49. The van der Waals surface area contributed by atoms with Gasteiger partial charge in [-0.3, -0.25) is 0 Å². The van der Waals surface area contributed by atoms with Gasteiger partial charge in [-0.2, -0.15) is 0 Å². The lowest BCUT2D eigenvalue weighted by Crippen LogP contribution is -2.61. The minimum absolute atomic E-state index is 0.0886. The average molecular weight is 293 g/mol. The van der Waals surface area contributed by atoms with E-state index in [4.69, 9.17) is 14.2 Å². The van der Waals surface area contributed by atoms with Crippen molar-refractivity contribution in [1.82, 2.24) is 5.32 Å². The molecule has 1 aliphatic carbocycles. The predicted molar refractivity (Wildman–Crippen MR) is 84.3 cm³/mol. The first-order valence-electron chi connectivity index (χ1n) is 7.83. The standard InChI is InChI=1S/C17H27NO3/c1-5-9-18-13-11-16(17(13)20-4)21-14-8-7-12(6-2)10-15(14)19-3/h7-8,10,13,16-18H,5-6,9,11H2,1-4H3. The van der Waals surface area contributed by atoms with E-state index in [-0.39, 0.29) is 12.2 Å². The molecule has 1 saturated carbocycles. The summed E-state index contributed by atoms with van der Waals surface area (Å²) in [6, 6.07) is 6.52. The number of rotatable bonds is 8. The number of hydrogen-bond acceptors (Lipinski definition) is 4. The van der Waals surface area contributed by atoms with Gasteiger partial charge >= 0.3 is 0 Å². The molecule has 0 aromatic heterocycles. The van der Waals surface area contributed by atoms with Gasteiger partial charge in [0.05, 0.1) is 7.11 Å². The van der Waals surface area contributed by atoms with Crippen molar-refractivity contribution < 1.29 is 14.2 Å². The van der Waals surface area contributed by atoms with Crippen LogP contribution in [-0.2, 0) is 11.2 Å². The number of ether oxygens (including phenoxy) is 3. The van der Waals surface area contributed by atoms with E-state index in [2.05, 4.69) is 25.2 Å². The second kappa shape index (κ2) is 7.66. The molecule has 118 valence electrons. The third kappa shape index (κ3) is 3.69. The van der Waals surface area contributed by atoms with Gasteiger partial charge < -0.3 is 19.5 Å². The number of nitrogens with one attached hydrogen (secondary N) is 1. The smallest absolute Gasteiger partial charge is 0.161 e. The quantitative estimate of drug-likeness (QED) is 0.800. The zero-order valence-corrected chi connectivity index (χ0v) is 13.5. The molecule has 1 aromatic carbocycles. The SMILES string of the molecule is CCCNC1CC(Oc2ccc(CC)cc2OC)C1OC. The molecule has 0 radical (unpaired) electrons. The summed E-state index contributed by atoms with van der Waals surface area (Å²) in [5, 5.41) is 3.50. The lowest BCUT2D eigenvalue weighted by molar-refractivity contribution is -0.0892. The van der Waals surface area contributed by atoms with Crippen molar-refractivity contribution in [3.63, 3.8) is 0 Å². The molecule has 4 heteroatoms. The molecule has 0 saturated heterocycles. The number of benzene rings is 1. The van der Waals surface area contributed by atoms with Gasteiger partial charge in [-0.25, -0.2) is 0 Å². The maximum Gasteiger partial charge on any atom is 0.161 e. The molecular weight excluding hydrogens is 266 g/mol. The topological polar surface area (TPSA) is 39.7 Å². The molecule has 1 fully saturated rings. The third-order valence-electron chi connectivity index (χ3n) is 4.09. The van der Waals surface area contributed by atoms with E-state index in [1.165, 1.54) is 5.56 Å². The van der Waals surface area contributed by atoms with E-state index >= 15 is 0 Å². The van der Waals surface area contributed by atoms with Crippen LogP contribution >= 0.6 is 0 Å². The van der Waals surface area contributed by atoms with Gasteiger partial charge in [0.25, 0.3) is 0 Å². The van der Waals surface area contributed by atoms with E-state index in [1.807, 2.05) is 12.1 Å². The van der Waals surface area contributed by atoms with Crippen LogP contribution in [0.3, 0.4) is 0 Å². The van der Waals surface area contributed by atoms with Gasteiger partial charge in [0, 0.05) is 19.6 Å². The Hall–Kier alpha value is -1.26. The molecule has 0 amide bonds. The highest BCUT2D eigenvalue weighted by Crippen LogP contribution is 2.34. The van der Waals surface area contributed by atoms with Gasteiger partial charge in [-0.15, -0.1) is 0 Å². The molecule has 2 rings (SSSR count). The molecule has 0 bridgehead atoms. The molecule has 0 heterocycles. The molecule has 21 heavy (non-hydrogen) atoms. The molecule has 1 N–H and O–H groups in total. The van der Waals surface area contributed by atoms with E-state index in [0.29, 0.717) is 6.04 Å². The maximum atomic E-state index is 6.10. The summed E-state index contributed by atoms with van der Waals surface area (Å²) in [4.78, 5) is 0. The molecular formula is C17H27NO3. The van der Waals surface area contributed by atoms with Crippen LogP contribution in [0.5, 0.6) is 11.5 Å². The molecule has 3 unspecified atom stereocenters. The Morgan fingerprint density at radius 2 is 2.00 bits per heavy atom. The van der Waals surface area contributed by atoms with Crippen LogP contribution in [0.15, 0.2) is 18.2 Å². The van der Waals surface area contributed by atoms with Gasteiger partial charge in [-0.05, 0) is 37.1 Å². The Morgan fingerprint density at radius 3 is 2.62 bits per heavy atom. The monoisotopic (exact) mass is 293 g/mol. The third-order valence-corrected chi connectivity index (χ3v) is 4.09. The highest BCUT2D eigenvalue weighted by molar-refractivity contribution is 5.43. The molecule has 0 aliphatic heterocycles. The highest BCUT2D eigenvalue weighted by atomic mass is 16.6. The van der Waals surface area contributed by atoms with Crippen LogP contribution in [0.25, 0.3) is 0 Å². The molecule has 1 aromatic rings. The number of hydrogen-bond donors (Lipinski definition) is 1. The summed E-state index contributed by atoms with van der Waals surface area (Å²) in [5.74, 6) is 1.60. The van der Waals surface area contributed by atoms with Gasteiger partial charge in [0.1, 0.15) is 12.2 Å². The predicted octanol–water partition coefficient (Wildman–Crippen LogP) is 2.79. The normalized spacial score (nSPS) is 24.5. The average Bonchev–Trinajstić information content (AvgIpc) is 2.50. The molecule has 3 atom stereocenters. The Balaban J connectivity index is 1.99. The fraction of sp³-hybridized carbons (Fsp3) is 0.647. The molecule has 0 spiro atoms. The molecule has 1 aliphatic rings. The summed E-state index contributed by atoms with van der Waals surface area (Å²) in [6.45, 7) is 5.32. The Kier molecular flexibility index (Phi) is 5.88. The first-order chi connectivity index (χ1) is 10.2. The Labute approximate surface area is 127 Å². The highest BCUT2D eigenvalue weighted by Gasteiger charge is 2.43. The Morgan fingerprint density at radius 1 is 1.19 bits per heavy atom. The van der Waals surface area contributed by atoms with Crippen molar-refractivity contribution >= 4 is 0 Å². The summed E-state index contributed by atoms with van der Waals surface area (Å²) in [7, 11) is 3.43. The van der Waals surface area contributed by atoms with Crippen LogP contribution in [0.4, 0.5) is 0 Å². The van der Waals surface area contributed by atoms with Gasteiger partial charge in [0.2, 0.25) is 0 Å². The van der Waals surface area contributed by atoms with E-state index in [1.54, 1.807) is 14.2 Å². The van der Waals surface area contributed by atoms with Crippen molar-refractivity contribution in [2.24, 2.45) is 0 Å². The minimum Gasteiger partial charge on any atom is -0.493 e. The fourth-order valence-electron chi connectivity index (χ4n) is 2.73. The summed E-state index contributed by atoms with van der Waals surface area (Å²) >= 11 is 0. The van der Waals surface area contributed by atoms with Crippen molar-refractivity contribution in [1.29, 1.82) is 0 Å². The minimum atomic E-state index is 0.0886. The van der Waals surface area contributed by atoms with Crippen molar-refractivity contribution in [3.05, 3.63) is 23.8 Å². The van der Waals surface area contributed by atoms with E-state index in [0.717, 1.165) is 37.3 Å². The second-order valence-electron chi connectivity index (χ2n) is 5.49. The van der Waals surface area contributed by atoms with Crippen LogP contribution in [0.1, 0.15) is 32.3 Å². The zero-order valence-electron chi connectivity index (χ0n) is 13.5. The maximum absolute atomic E-state index is 6.10. The van der Waals surface area contributed by atoms with Gasteiger partial charge in [0.15, 0.2) is 11.5 Å². The first kappa shape index (κ1) is 16.1. The summed E-state index contributed by atoms with van der Waals surface area (Å²) < 4.78 is 17.1. The van der Waals surface area contributed by atoms with Crippen molar-refractivity contribution in [2.45, 2.75) is 51.4 Å². The summed E-state index contributed by atoms with van der Waals surface area (Å²) in [6.07, 6.45) is 3.28. The van der Waals surface area contributed by atoms with E-state index in [9.17, 15) is 0 Å². The van der Waals surface area contributed by atoms with Crippen molar-refractivity contribution in [2.75, 3.05) is 20.8 Å². The fourth-order valence-corrected chi connectivity index (χ4v) is 2.73. The lowest BCUT2D eigenvalue weighted by atomic mass is 9.85. The number of aryl methyl sites for hydroxylation is 1. The van der Waals surface area contributed by atoms with Crippen LogP contribution in [0, 0.1) is 0 Å². The lowest BCUT2D eigenvalue weighted by Gasteiger charge is -2.43. The van der Waals surface area contributed by atoms with Crippen LogP contribution < -0.4 is 14.8 Å². The van der Waals surface area contributed by atoms with Crippen LogP contribution in [-0.4, -0.2) is 39.0 Å². The Bertz CT molecular complexity index is 450. The largest absolute Gasteiger partial charge is 0.493 e. The van der Waals surface area contributed by atoms with E-state index < -0.39 is 0 Å². The summed E-state index contributed by atoms with van der Waals surface area (Å²) in [5.41, 5.74) is 1.25. The van der Waals surface area contributed by atoms with Crippen molar-refractivity contribution in [3.8, 4) is 11.5 Å². The number of methoxy groups -OCH3 is 2. The first-order valence-corrected chi connectivity index (χ1v) is 7.83. The van der Waals surface area contributed by atoms with Crippen LogP contribution in [0.2, 0.25) is 0 Å².